The number of aryl methyl sites for hydroxylation is 2. The van der Waals surface area contributed by atoms with E-state index in [-0.39, 0.29) is 0 Å². The lowest BCUT2D eigenvalue weighted by atomic mass is 10.1. The second-order valence-electron chi connectivity index (χ2n) is 6.86. The van der Waals surface area contributed by atoms with Gasteiger partial charge in [0.25, 0.3) is 0 Å². The van der Waals surface area contributed by atoms with Crippen molar-refractivity contribution < 1.29 is 0 Å². The van der Waals surface area contributed by atoms with Crippen molar-refractivity contribution in [2.45, 2.75) is 13.8 Å². The fourth-order valence-corrected chi connectivity index (χ4v) is 3.67. The Bertz CT molecular complexity index is 1280. The first-order chi connectivity index (χ1) is 13.2. The predicted octanol–water partition coefficient (Wildman–Crippen LogP) is 5.84. The summed E-state index contributed by atoms with van der Waals surface area (Å²) in [6.07, 6.45) is 2.05. The topological polar surface area (TPSA) is 45.1 Å². The molecule has 0 aliphatic heterocycles. The van der Waals surface area contributed by atoms with Crippen LogP contribution in [0.4, 0.5) is 11.5 Å². The van der Waals surface area contributed by atoms with Crippen LogP contribution in [-0.4, -0.2) is 14.4 Å². The Labute approximate surface area is 157 Å². The molecular formula is C23H20N4. The molecule has 3 heterocycles. The third-order valence-electron chi connectivity index (χ3n) is 5.08. The second-order valence-corrected chi connectivity index (χ2v) is 6.86. The number of nitrogens with zero attached hydrogens (tertiary/aromatic N) is 2. The van der Waals surface area contributed by atoms with Crippen molar-refractivity contribution in [1.82, 2.24) is 14.4 Å². The minimum atomic E-state index is 0.936. The van der Waals surface area contributed by atoms with Gasteiger partial charge in [0.1, 0.15) is 17.2 Å². The number of nitrogens with one attached hydrogen (secondary N) is 2. The third-order valence-corrected chi connectivity index (χ3v) is 5.08. The molecule has 0 saturated heterocycles. The van der Waals surface area contributed by atoms with Gasteiger partial charge in [-0.2, -0.15) is 0 Å². The molecule has 0 saturated carbocycles. The number of aromatic nitrogens is 3. The molecule has 5 rings (SSSR count). The minimum absolute atomic E-state index is 0.936. The fourth-order valence-electron chi connectivity index (χ4n) is 3.67. The van der Waals surface area contributed by atoms with E-state index in [9.17, 15) is 0 Å². The summed E-state index contributed by atoms with van der Waals surface area (Å²) in [6.45, 7) is 4.22. The number of pyridine rings is 1. The van der Waals surface area contributed by atoms with E-state index in [0.29, 0.717) is 0 Å². The van der Waals surface area contributed by atoms with Gasteiger partial charge in [0.15, 0.2) is 0 Å². The normalized spacial score (nSPS) is 11.3. The van der Waals surface area contributed by atoms with Crippen LogP contribution in [0.1, 0.15) is 11.3 Å². The monoisotopic (exact) mass is 352 g/mol. The summed E-state index contributed by atoms with van der Waals surface area (Å²) < 4.78 is 2.18. The highest BCUT2D eigenvalue weighted by Gasteiger charge is 2.18. The van der Waals surface area contributed by atoms with Crippen molar-refractivity contribution >= 4 is 28.1 Å². The number of hydrogen-bond donors (Lipinski definition) is 2. The van der Waals surface area contributed by atoms with Gasteiger partial charge in [0.05, 0.1) is 0 Å². The average Bonchev–Trinajstić information content (AvgIpc) is 3.26. The fraction of sp³-hybridized carbons (Fsp3) is 0.0870. The van der Waals surface area contributed by atoms with Crippen LogP contribution in [0.15, 0.2) is 72.9 Å². The molecule has 0 bridgehead atoms. The molecular weight excluding hydrogens is 332 g/mol. The molecule has 0 unspecified atom stereocenters. The lowest BCUT2D eigenvalue weighted by Gasteiger charge is -2.12. The molecule has 27 heavy (non-hydrogen) atoms. The van der Waals surface area contributed by atoms with Crippen LogP contribution in [0.5, 0.6) is 0 Å². The highest BCUT2D eigenvalue weighted by atomic mass is 15.1. The van der Waals surface area contributed by atoms with Crippen LogP contribution < -0.4 is 5.32 Å². The Morgan fingerprint density at radius 1 is 0.889 bits per heavy atom. The Balaban J connectivity index is 1.80. The molecule has 2 aromatic carbocycles. The number of H-pyrrole nitrogens is 1. The molecule has 0 fully saturated rings. The van der Waals surface area contributed by atoms with Gasteiger partial charge in [0, 0.05) is 34.0 Å². The molecule has 0 atom stereocenters. The van der Waals surface area contributed by atoms with E-state index >= 15 is 0 Å². The number of para-hydroxylation sites is 2. The third kappa shape index (κ3) is 2.49. The summed E-state index contributed by atoms with van der Waals surface area (Å²) in [5, 5.41) is 4.82. The molecule has 0 aliphatic rings. The van der Waals surface area contributed by atoms with Crippen LogP contribution in [0.3, 0.4) is 0 Å². The number of aromatic amines is 1. The van der Waals surface area contributed by atoms with Crippen molar-refractivity contribution in [3.8, 4) is 11.3 Å². The Kier molecular flexibility index (Phi) is 3.50. The smallest absolute Gasteiger partial charge is 0.143 e. The minimum Gasteiger partial charge on any atom is -0.360 e. The molecule has 4 nitrogen and oxygen atoms in total. The second kappa shape index (κ2) is 6.02. The summed E-state index contributed by atoms with van der Waals surface area (Å²) >= 11 is 0. The van der Waals surface area contributed by atoms with Crippen LogP contribution in [-0.2, 0) is 0 Å². The highest BCUT2D eigenvalue weighted by Crippen LogP contribution is 2.36. The lowest BCUT2D eigenvalue weighted by Crippen LogP contribution is -2.00. The maximum atomic E-state index is 4.97. The van der Waals surface area contributed by atoms with Gasteiger partial charge in [-0.05, 0) is 43.7 Å². The summed E-state index contributed by atoms with van der Waals surface area (Å²) in [6, 6.07) is 22.9. The summed E-state index contributed by atoms with van der Waals surface area (Å²) in [4.78, 5) is 8.34. The van der Waals surface area contributed by atoms with E-state index in [1.165, 1.54) is 10.9 Å². The highest BCUT2D eigenvalue weighted by molar-refractivity contribution is 5.98. The van der Waals surface area contributed by atoms with Crippen LogP contribution in [0.25, 0.3) is 27.8 Å². The zero-order chi connectivity index (χ0) is 18.4. The van der Waals surface area contributed by atoms with Crippen molar-refractivity contribution in [2.75, 3.05) is 5.32 Å². The summed E-state index contributed by atoms with van der Waals surface area (Å²) in [7, 11) is 0. The predicted molar refractivity (Wildman–Crippen MR) is 112 cm³/mol. The van der Waals surface area contributed by atoms with E-state index in [1.54, 1.807) is 0 Å². The summed E-state index contributed by atoms with van der Waals surface area (Å²) in [5.74, 6) is 0.988. The molecule has 2 N–H and O–H groups in total. The Morgan fingerprint density at radius 2 is 1.70 bits per heavy atom. The number of rotatable bonds is 3. The molecule has 3 aromatic heterocycles. The number of benzene rings is 2. The Morgan fingerprint density at radius 3 is 2.59 bits per heavy atom. The largest absolute Gasteiger partial charge is 0.360 e. The van der Waals surface area contributed by atoms with Crippen molar-refractivity contribution in [1.29, 1.82) is 0 Å². The van der Waals surface area contributed by atoms with Crippen LogP contribution in [0, 0.1) is 13.8 Å². The van der Waals surface area contributed by atoms with E-state index < -0.39 is 0 Å². The van der Waals surface area contributed by atoms with Crippen molar-refractivity contribution in [3.05, 3.63) is 84.2 Å². The van der Waals surface area contributed by atoms with E-state index in [2.05, 4.69) is 77.1 Å². The lowest BCUT2D eigenvalue weighted by molar-refractivity contribution is 1.10. The van der Waals surface area contributed by atoms with Crippen LogP contribution >= 0.6 is 0 Å². The molecule has 0 amide bonds. The maximum Gasteiger partial charge on any atom is 0.143 e. The Hall–Kier alpha value is -3.53. The van der Waals surface area contributed by atoms with Crippen molar-refractivity contribution in [2.24, 2.45) is 0 Å². The zero-order valence-electron chi connectivity index (χ0n) is 15.3. The van der Waals surface area contributed by atoms with E-state index in [4.69, 9.17) is 4.98 Å². The van der Waals surface area contributed by atoms with Gasteiger partial charge in [0.2, 0.25) is 0 Å². The molecule has 0 spiro atoms. The van der Waals surface area contributed by atoms with Gasteiger partial charge in [-0.25, -0.2) is 4.98 Å². The molecule has 4 heteroatoms. The van der Waals surface area contributed by atoms with Gasteiger partial charge in [-0.15, -0.1) is 0 Å². The average molecular weight is 352 g/mol. The maximum absolute atomic E-state index is 4.97. The number of anilines is 2. The van der Waals surface area contributed by atoms with Gasteiger partial charge in [-0.3, -0.25) is 4.40 Å². The van der Waals surface area contributed by atoms with Gasteiger partial charge >= 0.3 is 0 Å². The SMILES string of the molecule is Cc1ccccc1Nc1c(-c2c[nH]c3ccccc23)nc2cccc(C)n12. The van der Waals surface area contributed by atoms with E-state index in [1.807, 2.05) is 24.4 Å². The molecule has 0 aliphatic carbocycles. The van der Waals surface area contributed by atoms with Gasteiger partial charge in [-0.1, -0.05) is 42.5 Å². The summed E-state index contributed by atoms with van der Waals surface area (Å²) in [5.41, 5.74) is 7.53. The van der Waals surface area contributed by atoms with Crippen LogP contribution in [0.2, 0.25) is 0 Å². The molecule has 132 valence electrons. The number of hydrogen-bond acceptors (Lipinski definition) is 2. The molecule has 5 aromatic rings. The van der Waals surface area contributed by atoms with Gasteiger partial charge < -0.3 is 10.3 Å². The zero-order valence-corrected chi connectivity index (χ0v) is 15.3. The first-order valence-corrected chi connectivity index (χ1v) is 9.09. The standard InChI is InChI=1S/C23H20N4/c1-15-8-3-5-11-19(15)25-23-22(26-21-13-7-9-16(2)27(21)23)18-14-24-20-12-6-4-10-17(18)20/h3-14,24-25H,1-2H3. The molecule has 0 radical (unpaired) electrons. The number of imidazole rings is 1. The quantitative estimate of drug-likeness (QED) is 0.428. The van der Waals surface area contributed by atoms with E-state index in [0.717, 1.165) is 39.6 Å². The first kappa shape index (κ1) is 15.7. The number of fused-ring (bicyclic) bond motifs is 2. The first-order valence-electron chi connectivity index (χ1n) is 9.09. The van der Waals surface area contributed by atoms with Crippen molar-refractivity contribution in [3.63, 3.8) is 0 Å².